The summed E-state index contributed by atoms with van der Waals surface area (Å²) in [4.78, 5) is 12.5. The number of benzene rings is 1. The molecule has 1 aliphatic heterocycles. The smallest absolute Gasteiger partial charge is 0.350 e. The molecule has 27 heavy (non-hydrogen) atoms. The van der Waals surface area contributed by atoms with Gasteiger partial charge in [0.25, 0.3) is 0 Å². The predicted molar refractivity (Wildman–Crippen MR) is 102 cm³/mol. The summed E-state index contributed by atoms with van der Waals surface area (Å²) < 4.78 is 29.7. The number of pyridine rings is 1. The van der Waals surface area contributed by atoms with Gasteiger partial charge in [-0.05, 0) is 43.2 Å². The second kappa shape index (κ2) is 7.16. The lowest BCUT2D eigenvalue weighted by atomic mass is 10.3. The maximum absolute atomic E-state index is 12.7. The van der Waals surface area contributed by atoms with E-state index in [4.69, 9.17) is 0 Å². The minimum absolute atomic E-state index is 0.197. The van der Waals surface area contributed by atoms with Crippen molar-refractivity contribution in [2.75, 3.05) is 25.0 Å². The highest BCUT2D eigenvalue weighted by Crippen LogP contribution is 2.23. The summed E-state index contributed by atoms with van der Waals surface area (Å²) in [5, 5.41) is 7.45. The van der Waals surface area contributed by atoms with Crippen LogP contribution in [0.3, 0.4) is 0 Å². The van der Waals surface area contributed by atoms with Gasteiger partial charge in [0.05, 0.1) is 11.4 Å². The maximum Gasteiger partial charge on any atom is 0.350 e. The molecule has 1 fully saturated rings. The van der Waals surface area contributed by atoms with Crippen LogP contribution in [0, 0.1) is 0 Å². The minimum Gasteiger partial charge on any atom is -0.383 e. The Bertz CT molecular complexity index is 1110. The van der Waals surface area contributed by atoms with E-state index in [1.165, 1.54) is 13.4 Å². The van der Waals surface area contributed by atoms with Gasteiger partial charge in [0.1, 0.15) is 0 Å². The van der Waals surface area contributed by atoms with Crippen LogP contribution in [0.5, 0.6) is 0 Å². The Hall–Kier alpha value is -2.65. The van der Waals surface area contributed by atoms with Crippen LogP contribution in [-0.4, -0.2) is 46.5 Å². The molecule has 142 valence electrons. The van der Waals surface area contributed by atoms with Gasteiger partial charge >= 0.3 is 5.69 Å². The molecule has 0 bridgehead atoms. The third-order valence-corrected chi connectivity index (χ3v) is 6.57. The van der Waals surface area contributed by atoms with E-state index in [1.54, 1.807) is 36.5 Å². The largest absolute Gasteiger partial charge is 0.383 e. The number of aromatic nitrogens is 3. The fourth-order valence-electron chi connectivity index (χ4n) is 3.26. The first-order valence-corrected chi connectivity index (χ1v) is 10.4. The third kappa shape index (κ3) is 3.47. The van der Waals surface area contributed by atoms with E-state index in [-0.39, 0.29) is 5.69 Å². The molecule has 8 nitrogen and oxygen atoms in total. The summed E-state index contributed by atoms with van der Waals surface area (Å²) in [5.41, 5.74) is 1.10. The molecule has 1 aliphatic rings. The van der Waals surface area contributed by atoms with Crippen molar-refractivity contribution in [3.8, 4) is 0 Å². The van der Waals surface area contributed by atoms with Crippen molar-refractivity contribution in [3.05, 3.63) is 59.1 Å². The van der Waals surface area contributed by atoms with Gasteiger partial charge in [0.2, 0.25) is 10.0 Å². The summed E-state index contributed by atoms with van der Waals surface area (Å²) in [6.45, 7) is 1.99. The zero-order valence-electron chi connectivity index (χ0n) is 14.8. The Morgan fingerprint density at radius 2 is 1.89 bits per heavy atom. The quantitative estimate of drug-likeness (QED) is 0.691. The molecule has 1 saturated heterocycles. The summed E-state index contributed by atoms with van der Waals surface area (Å²) in [5.74, 6) is 0. The van der Waals surface area contributed by atoms with Crippen molar-refractivity contribution in [2.24, 2.45) is 0 Å². The Kier molecular flexibility index (Phi) is 4.71. The number of nitrogens with one attached hydrogen (secondary N) is 1. The van der Waals surface area contributed by atoms with E-state index in [1.807, 2.05) is 12.1 Å². The molecule has 3 aromatic rings. The second-order valence-electron chi connectivity index (χ2n) is 6.50. The molecule has 1 N–H and O–H groups in total. The average Bonchev–Trinajstić information content (AvgIpc) is 3.32. The van der Waals surface area contributed by atoms with E-state index in [9.17, 15) is 13.2 Å². The predicted octanol–water partition coefficient (Wildman–Crippen LogP) is 1.39. The Balaban J connectivity index is 1.45. The fourth-order valence-corrected chi connectivity index (χ4v) is 4.83. The molecule has 0 radical (unpaired) electrons. The molecule has 0 unspecified atom stereocenters. The van der Waals surface area contributed by atoms with Gasteiger partial charge in [-0.2, -0.15) is 4.31 Å². The fraction of sp³-hybridized carbons (Fsp3) is 0.333. The molecule has 3 heterocycles. The maximum atomic E-state index is 12.7. The summed E-state index contributed by atoms with van der Waals surface area (Å²) in [6.07, 6.45) is 3.50. The molecular formula is C18H21N5O3S. The zero-order valence-corrected chi connectivity index (χ0v) is 15.6. The number of anilines is 1. The molecule has 0 saturated carbocycles. The molecule has 9 heteroatoms. The number of hydrogen-bond donors (Lipinski definition) is 1. The van der Waals surface area contributed by atoms with Crippen LogP contribution in [0.2, 0.25) is 0 Å². The lowest BCUT2D eigenvalue weighted by molar-refractivity contribution is 0.477. The summed E-state index contributed by atoms with van der Waals surface area (Å²) in [7, 11) is -3.44. The van der Waals surface area contributed by atoms with Crippen molar-refractivity contribution in [1.82, 2.24) is 18.5 Å². The van der Waals surface area contributed by atoms with Gasteiger partial charge in [-0.25, -0.2) is 17.9 Å². The van der Waals surface area contributed by atoms with Crippen LogP contribution < -0.4 is 11.0 Å². The molecule has 0 spiro atoms. The van der Waals surface area contributed by atoms with Crippen LogP contribution in [0.4, 0.5) is 5.69 Å². The van der Waals surface area contributed by atoms with E-state index in [2.05, 4.69) is 10.4 Å². The average molecular weight is 387 g/mol. The lowest BCUT2D eigenvalue weighted by Gasteiger charge is -2.16. The minimum atomic E-state index is -3.44. The molecule has 0 aliphatic carbocycles. The van der Waals surface area contributed by atoms with Crippen LogP contribution in [0.1, 0.15) is 12.8 Å². The SMILES string of the molecule is O=c1n(CCNc2cccc(S(=O)(=O)N3CCCC3)c2)nc2ccccn12. The lowest BCUT2D eigenvalue weighted by Crippen LogP contribution is -2.28. The van der Waals surface area contributed by atoms with Crippen LogP contribution in [0.15, 0.2) is 58.4 Å². The third-order valence-electron chi connectivity index (χ3n) is 4.68. The first-order valence-electron chi connectivity index (χ1n) is 8.94. The molecular weight excluding hydrogens is 366 g/mol. The number of fused-ring (bicyclic) bond motifs is 1. The number of rotatable bonds is 6. The van der Waals surface area contributed by atoms with Crippen molar-refractivity contribution < 1.29 is 8.42 Å². The first kappa shape index (κ1) is 17.7. The summed E-state index contributed by atoms with van der Waals surface area (Å²) >= 11 is 0. The molecule has 0 atom stereocenters. The highest BCUT2D eigenvalue weighted by Gasteiger charge is 2.27. The van der Waals surface area contributed by atoms with Gasteiger partial charge in [-0.3, -0.25) is 4.40 Å². The first-order chi connectivity index (χ1) is 13.1. The number of sulfonamides is 1. The van der Waals surface area contributed by atoms with Gasteiger partial charge in [0.15, 0.2) is 5.65 Å². The number of nitrogens with zero attached hydrogens (tertiary/aromatic N) is 4. The standard InChI is InChI=1S/C18H21N5O3S/c24-18-22-12-2-1-8-17(22)20-23(18)13-9-19-15-6-5-7-16(14-15)27(25,26)21-10-3-4-11-21/h1-2,5-8,12,14,19H,3-4,9-11,13H2. The van der Waals surface area contributed by atoms with E-state index < -0.39 is 10.0 Å². The monoisotopic (exact) mass is 387 g/mol. The summed E-state index contributed by atoms with van der Waals surface area (Å²) in [6, 6.07) is 12.2. The molecule has 1 aromatic carbocycles. The highest BCUT2D eigenvalue weighted by atomic mass is 32.2. The molecule has 4 rings (SSSR count). The van der Waals surface area contributed by atoms with Crippen molar-refractivity contribution in [2.45, 2.75) is 24.3 Å². The Morgan fingerprint density at radius 1 is 1.07 bits per heavy atom. The topological polar surface area (TPSA) is 88.7 Å². The Labute approximate surface area is 157 Å². The zero-order chi connectivity index (χ0) is 18.9. The van der Waals surface area contributed by atoms with Crippen molar-refractivity contribution in [1.29, 1.82) is 0 Å². The van der Waals surface area contributed by atoms with Gasteiger partial charge in [0, 0.05) is 31.5 Å². The second-order valence-corrected chi connectivity index (χ2v) is 8.44. The van der Waals surface area contributed by atoms with Gasteiger partial charge in [-0.15, -0.1) is 5.10 Å². The van der Waals surface area contributed by atoms with E-state index in [0.717, 1.165) is 12.8 Å². The molecule has 0 amide bonds. The van der Waals surface area contributed by atoms with Gasteiger partial charge in [-0.1, -0.05) is 12.1 Å². The van der Waals surface area contributed by atoms with E-state index >= 15 is 0 Å². The molecule has 2 aromatic heterocycles. The van der Waals surface area contributed by atoms with Crippen molar-refractivity contribution >= 4 is 21.4 Å². The van der Waals surface area contributed by atoms with Crippen LogP contribution in [0.25, 0.3) is 5.65 Å². The van der Waals surface area contributed by atoms with Crippen LogP contribution >= 0.6 is 0 Å². The van der Waals surface area contributed by atoms with Crippen LogP contribution in [-0.2, 0) is 16.6 Å². The van der Waals surface area contributed by atoms with Crippen molar-refractivity contribution in [3.63, 3.8) is 0 Å². The normalized spacial score (nSPS) is 15.4. The van der Waals surface area contributed by atoms with Gasteiger partial charge < -0.3 is 5.32 Å². The number of hydrogen-bond acceptors (Lipinski definition) is 5. The highest BCUT2D eigenvalue weighted by molar-refractivity contribution is 7.89. The van der Waals surface area contributed by atoms with E-state index in [0.29, 0.717) is 42.4 Å². The Morgan fingerprint density at radius 3 is 2.67 bits per heavy atom.